The van der Waals surface area contributed by atoms with E-state index in [0.717, 1.165) is 22.3 Å². The molecule has 4 aromatic rings. The fraction of sp³-hybridized carbons (Fsp3) is 0.250. The molecule has 1 heterocycles. The average Bonchev–Trinajstić information content (AvgIpc) is 3.28. The normalized spacial score (nSPS) is 12.0. The molecule has 0 aliphatic carbocycles. The number of carboxylic acid groups (broad SMARTS) is 1. The molecule has 0 amide bonds. The minimum atomic E-state index is -0.805. The summed E-state index contributed by atoms with van der Waals surface area (Å²) in [4.78, 5) is 15.6. The Morgan fingerprint density at radius 1 is 0.971 bits per heavy atom. The van der Waals surface area contributed by atoms with Crippen molar-refractivity contribution in [1.82, 2.24) is 10.1 Å². The van der Waals surface area contributed by atoms with Gasteiger partial charge in [-0.05, 0) is 79.1 Å². The Morgan fingerprint density at radius 2 is 1.74 bits per heavy atom. The Kier molecular flexibility index (Phi) is 7.13. The molecular formula is C28H27ClN2O3. The molecule has 174 valence electrons. The molecule has 0 radical (unpaired) electrons. The number of nitrogens with zero attached hydrogens (tertiary/aromatic N) is 2. The van der Waals surface area contributed by atoms with Crippen LogP contribution in [0.4, 0.5) is 0 Å². The lowest BCUT2D eigenvalue weighted by Gasteiger charge is -2.15. The molecule has 1 unspecified atom stereocenters. The topological polar surface area (TPSA) is 76.2 Å². The lowest BCUT2D eigenvalue weighted by molar-refractivity contribution is -0.136. The number of aromatic nitrogens is 2. The van der Waals surface area contributed by atoms with Gasteiger partial charge in [-0.2, -0.15) is 4.98 Å². The number of rotatable bonds is 8. The summed E-state index contributed by atoms with van der Waals surface area (Å²) in [7, 11) is 0. The first-order valence-corrected chi connectivity index (χ1v) is 11.6. The van der Waals surface area contributed by atoms with Gasteiger partial charge in [0.15, 0.2) is 0 Å². The molecular weight excluding hydrogens is 448 g/mol. The summed E-state index contributed by atoms with van der Waals surface area (Å²) in [6, 6.07) is 20.1. The van der Waals surface area contributed by atoms with E-state index >= 15 is 0 Å². The summed E-state index contributed by atoms with van der Waals surface area (Å²) in [6.07, 6.45) is 1.29. The van der Waals surface area contributed by atoms with Crippen molar-refractivity contribution in [1.29, 1.82) is 0 Å². The third-order valence-corrected chi connectivity index (χ3v) is 6.40. The van der Waals surface area contributed by atoms with Crippen LogP contribution in [0.15, 0.2) is 65.2 Å². The molecule has 0 saturated heterocycles. The zero-order valence-electron chi connectivity index (χ0n) is 19.5. The van der Waals surface area contributed by atoms with E-state index in [9.17, 15) is 4.79 Å². The molecule has 0 fully saturated rings. The third-order valence-electron chi connectivity index (χ3n) is 6.16. The van der Waals surface area contributed by atoms with Crippen LogP contribution in [0, 0.1) is 20.8 Å². The maximum Gasteiger partial charge on any atom is 0.303 e. The summed E-state index contributed by atoms with van der Waals surface area (Å²) >= 11 is 6.30. The minimum Gasteiger partial charge on any atom is -0.481 e. The number of aryl methyl sites for hydroxylation is 4. The Bertz CT molecular complexity index is 1330. The highest BCUT2D eigenvalue weighted by atomic mass is 35.5. The maximum absolute atomic E-state index is 10.9. The summed E-state index contributed by atoms with van der Waals surface area (Å²) in [6.45, 7) is 6.19. The van der Waals surface area contributed by atoms with Gasteiger partial charge in [-0.15, -0.1) is 0 Å². The molecule has 3 aromatic carbocycles. The van der Waals surface area contributed by atoms with Crippen LogP contribution in [0.5, 0.6) is 0 Å². The van der Waals surface area contributed by atoms with Crippen molar-refractivity contribution in [2.75, 3.05) is 0 Å². The van der Waals surface area contributed by atoms with E-state index in [-0.39, 0.29) is 12.3 Å². The molecule has 1 N–H and O–H groups in total. The first kappa shape index (κ1) is 23.7. The van der Waals surface area contributed by atoms with E-state index in [4.69, 9.17) is 26.2 Å². The van der Waals surface area contributed by atoms with Gasteiger partial charge in [0, 0.05) is 17.0 Å². The molecule has 0 aliphatic heterocycles. The van der Waals surface area contributed by atoms with Gasteiger partial charge < -0.3 is 9.63 Å². The lowest BCUT2D eigenvalue weighted by atomic mass is 9.90. The summed E-state index contributed by atoms with van der Waals surface area (Å²) in [5.74, 6) is 0.104. The van der Waals surface area contributed by atoms with E-state index in [1.54, 1.807) is 0 Å². The highest BCUT2D eigenvalue weighted by Crippen LogP contribution is 2.32. The number of carbonyl (C=O) groups is 1. The van der Waals surface area contributed by atoms with Crippen molar-refractivity contribution < 1.29 is 14.4 Å². The third kappa shape index (κ3) is 5.54. The van der Waals surface area contributed by atoms with Gasteiger partial charge in [-0.1, -0.05) is 65.3 Å². The highest BCUT2D eigenvalue weighted by Gasteiger charge is 2.23. The zero-order valence-corrected chi connectivity index (χ0v) is 20.3. The summed E-state index contributed by atoms with van der Waals surface area (Å²) in [5.41, 5.74) is 7.51. The Morgan fingerprint density at radius 3 is 2.44 bits per heavy atom. The summed E-state index contributed by atoms with van der Waals surface area (Å²) < 4.78 is 5.78. The van der Waals surface area contributed by atoms with Gasteiger partial charge in [0.2, 0.25) is 11.7 Å². The zero-order chi connectivity index (χ0) is 24.2. The first-order valence-electron chi connectivity index (χ1n) is 11.3. The van der Waals surface area contributed by atoms with Crippen molar-refractivity contribution >= 4 is 17.6 Å². The smallest absolute Gasteiger partial charge is 0.303 e. The van der Waals surface area contributed by atoms with Crippen LogP contribution in [0.25, 0.3) is 11.4 Å². The van der Waals surface area contributed by atoms with Gasteiger partial charge >= 0.3 is 5.97 Å². The number of hydrogen-bond acceptors (Lipinski definition) is 4. The van der Waals surface area contributed by atoms with Crippen LogP contribution in [-0.2, 0) is 17.6 Å². The quantitative estimate of drug-likeness (QED) is 0.307. The first-order chi connectivity index (χ1) is 16.3. The van der Waals surface area contributed by atoms with E-state index < -0.39 is 5.97 Å². The average molecular weight is 475 g/mol. The van der Waals surface area contributed by atoms with E-state index in [0.29, 0.717) is 29.6 Å². The lowest BCUT2D eigenvalue weighted by Crippen LogP contribution is -2.06. The standard InChI is InChI=1S/C28H27ClN2O3/c1-17-7-8-21(13-18(17)2)15-25(22-5-4-6-23(29)16-22)28-30-27(31-34-28)24-11-9-20(14-19(24)3)10-12-26(32)33/h4-9,11,13-14,16,25H,10,12,15H2,1-3H3,(H,32,33). The monoisotopic (exact) mass is 474 g/mol. The van der Waals surface area contributed by atoms with Crippen molar-refractivity contribution in [2.24, 2.45) is 0 Å². The fourth-order valence-electron chi connectivity index (χ4n) is 4.11. The number of benzene rings is 3. The number of aliphatic carboxylic acids is 1. The largest absolute Gasteiger partial charge is 0.481 e. The highest BCUT2D eigenvalue weighted by molar-refractivity contribution is 6.30. The van der Waals surface area contributed by atoms with E-state index in [2.05, 4.69) is 37.2 Å². The number of hydrogen-bond donors (Lipinski definition) is 1. The molecule has 4 rings (SSSR count). The molecule has 5 nitrogen and oxygen atoms in total. The van der Waals surface area contributed by atoms with Crippen molar-refractivity contribution in [2.45, 2.75) is 46.0 Å². The second-order valence-corrected chi connectivity index (χ2v) is 9.17. The van der Waals surface area contributed by atoms with Gasteiger partial charge in [0.1, 0.15) is 0 Å². The van der Waals surface area contributed by atoms with Crippen molar-refractivity contribution in [3.8, 4) is 11.4 Å². The maximum atomic E-state index is 10.9. The molecule has 0 saturated carbocycles. The molecule has 1 aromatic heterocycles. The SMILES string of the molecule is Cc1ccc(CC(c2cccc(Cl)c2)c2nc(-c3ccc(CCC(=O)O)cc3C)no2)cc1C. The van der Waals surface area contributed by atoms with E-state index in [1.165, 1.54) is 16.7 Å². The molecule has 0 spiro atoms. The predicted octanol–water partition coefficient (Wildman–Crippen LogP) is 6.71. The van der Waals surface area contributed by atoms with Crippen LogP contribution in [-0.4, -0.2) is 21.2 Å². The molecule has 0 aliphatic rings. The molecule has 6 heteroatoms. The second-order valence-electron chi connectivity index (χ2n) is 8.73. The van der Waals surface area contributed by atoms with Crippen molar-refractivity contribution in [3.63, 3.8) is 0 Å². The number of carboxylic acids is 1. The van der Waals surface area contributed by atoms with Crippen LogP contribution in [0.2, 0.25) is 5.02 Å². The fourth-order valence-corrected chi connectivity index (χ4v) is 4.31. The minimum absolute atomic E-state index is 0.102. The van der Waals surface area contributed by atoms with Crippen LogP contribution in [0.3, 0.4) is 0 Å². The van der Waals surface area contributed by atoms with Crippen LogP contribution < -0.4 is 0 Å². The van der Waals surface area contributed by atoms with Gasteiger partial charge in [0.25, 0.3) is 0 Å². The Labute approximate surface area is 204 Å². The Hall–Kier alpha value is -3.44. The predicted molar refractivity (Wildman–Crippen MR) is 133 cm³/mol. The van der Waals surface area contributed by atoms with Crippen LogP contribution in [0.1, 0.15) is 51.6 Å². The summed E-state index contributed by atoms with van der Waals surface area (Å²) in [5, 5.41) is 13.9. The molecule has 0 bridgehead atoms. The van der Waals surface area contributed by atoms with Gasteiger partial charge in [0.05, 0.1) is 5.92 Å². The van der Waals surface area contributed by atoms with E-state index in [1.807, 2.05) is 49.4 Å². The van der Waals surface area contributed by atoms with Crippen LogP contribution >= 0.6 is 11.6 Å². The second kappa shape index (κ2) is 10.2. The molecule has 34 heavy (non-hydrogen) atoms. The van der Waals surface area contributed by atoms with Crippen molar-refractivity contribution in [3.05, 3.63) is 105 Å². The number of halogens is 1. The van der Waals surface area contributed by atoms with Gasteiger partial charge in [-0.25, -0.2) is 0 Å². The molecule has 1 atom stereocenters. The Balaban J connectivity index is 1.66. The van der Waals surface area contributed by atoms with Gasteiger partial charge in [-0.3, -0.25) is 4.79 Å².